The van der Waals surface area contributed by atoms with E-state index in [1.165, 1.54) is 0 Å². The van der Waals surface area contributed by atoms with E-state index in [1.54, 1.807) is 19.2 Å². The van der Waals surface area contributed by atoms with E-state index >= 15 is 0 Å². The van der Waals surface area contributed by atoms with Gasteiger partial charge in [-0.15, -0.1) is 11.8 Å². The molecule has 0 radical (unpaired) electrons. The molecule has 1 aliphatic heterocycles. The monoisotopic (exact) mass is 449 g/mol. The molecule has 164 valence electrons. The van der Waals surface area contributed by atoms with Gasteiger partial charge in [0, 0.05) is 31.6 Å². The molecule has 11 heteroatoms. The Bertz CT molecular complexity index is 1270. The summed E-state index contributed by atoms with van der Waals surface area (Å²) in [5.74, 6) is -1.74. The average molecular weight is 449 g/mol. The van der Waals surface area contributed by atoms with Crippen LogP contribution in [0.3, 0.4) is 0 Å². The Labute approximate surface area is 179 Å². The number of thioether (sulfide) groups is 1. The molecule has 31 heavy (non-hydrogen) atoms. The molecule has 1 fully saturated rings. The first-order valence-corrected chi connectivity index (χ1v) is 10.7. The number of nitrogens with zero attached hydrogens (tertiary/aromatic N) is 2. The van der Waals surface area contributed by atoms with Crippen molar-refractivity contribution in [2.75, 3.05) is 37.3 Å². The summed E-state index contributed by atoms with van der Waals surface area (Å²) >= 11 is 1.11. The number of aromatic amines is 1. The summed E-state index contributed by atoms with van der Waals surface area (Å²) < 4.78 is 24.8. The van der Waals surface area contributed by atoms with E-state index in [1.807, 2.05) is 4.90 Å². The Morgan fingerprint density at radius 3 is 2.52 bits per heavy atom. The van der Waals surface area contributed by atoms with Crippen molar-refractivity contribution in [3.63, 3.8) is 0 Å². The van der Waals surface area contributed by atoms with Crippen LogP contribution in [-0.4, -0.2) is 53.4 Å². The molecule has 0 bridgehead atoms. The van der Waals surface area contributed by atoms with Gasteiger partial charge < -0.3 is 23.8 Å². The van der Waals surface area contributed by atoms with E-state index in [0.717, 1.165) is 17.8 Å². The van der Waals surface area contributed by atoms with Crippen molar-refractivity contribution in [2.45, 2.75) is 18.5 Å². The summed E-state index contributed by atoms with van der Waals surface area (Å²) in [6, 6.07) is 2.64. The number of carbonyl (C=O) groups is 1. The van der Waals surface area contributed by atoms with E-state index in [2.05, 4.69) is 9.88 Å². The Kier molecular flexibility index (Phi) is 5.63. The largest absolute Gasteiger partial charge is 0.519 e. The molecule has 4 rings (SSSR count). The Balaban J connectivity index is 1.59. The van der Waals surface area contributed by atoms with Crippen molar-refractivity contribution < 1.29 is 23.1 Å². The van der Waals surface area contributed by atoms with Crippen molar-refractivity contribution >= 4 is 34.3 Å². The van der Waals surface area contributed by atoms with Gasteiger partial charge in [-0.2, -0.15) is 0 Å². The highest BCUT2D eigenvalue weighted by atomic mass is 32.2. The van der Waals surface area contributed by atoms with Crippen LogP contribution in [0.1, 0.15) is 21.9 Å². The number of rotatable bonds is 5. The van der Waals surface area contributed by atoms with E-state index < -0.39 is 23.0 Å². The van der Waals surface area contributed by atoms with E-state index in [-0.39, 0.29) is 16.0 Å². The molecule has 1 aliphatic rings. The van der Waals surface area contributed by atoms with E-state index in [0.29, 0.717) is 55.4 Å². The number of anilines is 1. The first-order valence-electron chi connectivity index (χ1n) is 9.52. The number of aromatic nitrogens is 1. The first kappa shape index (κ1) is 21.2. The van der Waals surface area contributed by atoms with Crippen LogP contribution in [-0.2, 0) is 6.54 Å². The molecule has 1 saturated heterocycles. The Hall–Kier alpha value is -3.05. The van der Waals surface area contributed by atoms with Crippen molar-refractivity contribution in [2.24, 2.45) is 0 Å². The van der Waals surface area contributed by atoms with Crippen LogP contribution in [0, 0.1) is 12.7 Å². The normalized spacial score (nSPS) is 15.0. The first-order chi connectivity index (χ1) is 14.8. The van der Waals surface area contributed by atoms with Gasteiger partial charge in [0.15, 0.2) is 5.76 Å². The second-order valence-corrected chi connectivity index (χ2v) is 8.03. The molecule has 0 saturated carbocycles. The minimum Gasteiger partial charge on any atom is -0.477 e. The van der Waals surface area contributed by atoms with Gasteiger partial charge in [0.1, 0.15) is 17.1 Å². The summed E-state index contributed by atoms with van der Waals surface area (Å²) in [4.78, 5) is 42.1. The lowest BCUT2D eigenvalue weighted by molar-refractivity contribution is 0.0691. The number of nitrogens with one attached hydrogen (secondary N) is 1. The van der Waals surface area contributed by atoms with Crippen LogP contribution in [0.15, 0.2) is 35.6 Å². The molecular formula is C20H20FN3O6S. The summed E-state index contributed by atoms with van der Waals surface area (Å²) in [7, 11) is 0. The van der Waals surface area contributed by atoms with Crippen molar-refractivity contribution in [1.29, 1.82) is 0 Å². The highest BCUT2D eigenvalue weighted by Gasteiger charge is 2.24. The van der Waals surface area contributed by atoms with Crippen LogP contribution in [0.5, 0.6) is 0 Å². The second kappa shape index (κ2) is 8.23. The fourth-order valence-corrected chi connectivity index (χ4v) is 4.33. The number of halogens is 1. The van der Waals surface area contributed by atoms with Crippen LogP contribution in [0.2, 0.25) is 0 Å². The minimum atomic E-state index is -1.35. The smallest absolute Gasteiger partial charge is 0.477 e. The van der Waals surface area contributed by atoms with Crippen LogP contribution >= 0.6 is 11.8 Å². The SMILES string of the molecule is CSc1[nH]c2cc(N3CCN(Cc4oc(=O)oc4C)CC3)c(F)cc2c(=O)c1C(=O)O. The fourth-order valence-electron chi connectivity index (χ4n) is 3.73. The number of pyridine rings is 1. The molecule has 0 spiro atoms. The molecule has 0 atom stereocenters. The predicted octanol–water partition coefficient (Wildman–Crippen LogP) is 2.26. The summed E-state index contributed by atoms with van der Waals surface area (Å²) in [6.45, 7) is 4.35. The van der Waals surface area contributed by atoms with E-state index in [4.69, 9.17) is 8.83 Å². The van der Waals surface area contributed by atoms with Crippen molar-refractivity contribution in [1.82, 2.24) is 9.88 Å². The number of aromatic carboxylic acids is 1. The maximum Gasteiger partial charge on any atom is 0.519 e. The maximum atomic E-state index is 14.9. The molecule has 0 aliphatic carbocycles. The van der Waals surface area contributed by atoms with E-state index in [9.17, 15) is 23.9 Å². The highest BCUT2D eigenvalue weighted by Crippen LogP contribution is 2.27. The number of carboxylic acids is 1. The third-order valence-corrected chi connectivity index (χ3v) is 6.08. The van der Waals surface area contributed by atoms with Gasteiger partial charge in [0.25, 0.3) is 0 Å². The number of fused-ring (bicyclic) bond motifs is 1. The summed E-state index contributed by atoms with van der Waals surface area (Å²) in [5, 5.41) is 9.57. The molecule has 2 N–H and O–H groups in total. The number of benzene rings is 1. The minimum absolute atomic E-state index is 0.000507. The number of hydrogen-bond acceptors (Lipinski definition) is 8. The number of H-pyrrole nitrogens is 1. The average Bonchev–Trinajstić information content (AvgIpc) is 3.05. The molecule has 0 amide bonds. The molecule has 3 heterocycles. The molecular weight excluding hydrogens is 429 g/mol. The van der Waals surface area contributed by atoms with Crippen LogP contribution in [0.4, 0.5) is 10.1 Å². The molecule has 1 aromatic carbocycles. The molecule has 0 unspecified atom stereocenters. The van der Waals surface area contributed by atoms with Gasteiger partial charge in [0.2, 0.25) is 5.43 Å². The zero-order valence-corrected chi connectivity index (χ0v) is 17.7. The third-order valence-electron chi connectivity index (χ3n) is 5.37. The van der Waals surface area contributed by atoms with Gasteiger partial charge >= 0.3 is 11.8 Å². The molecule has 3 aromatic rings. The van der Waals surface area contributed by atoms with Crippen LogP contribution in [0.25, 0.3) is 10.9 Å². The lowest BCUT2D eigenvalue weighted by atomic mass is 10.1. The number of carboxylic acid groups (broad SMARTS) is 1. The highest BCUT2D eigenvalue weighted by molar-refractivity contribution is 7.98. The topological polar surface area (TPSA) is 120 Å². The number of piperazine rings is 1. The summed E-state index contributed by atoms with van der Waals surface area (Å²) in [5.41, 5.74) is -0.377. The summed E-state index contributed by atoms with van der Waals surface area (Å²) in [6.07, 6.45) is 1.66. The third kappa shape index (κ3) is 3.98. The van der Waals surface area contributed by atoms with Gasteiger partial charge in [-0.05, 0) is 25.3 Å². The predicted molar refractivity (Wildman–Crippen MR) is 113 cm³/mol. The second-order valence-electron chi connectivity index (χ2n) is 7.21. The van der Waals surface area contributed by atoms with Gasteiger partial charge in [-0.1, -0.05) is 0 Å². The van der Waals surface area contributed by atoms with Crippen LogP contribution < -0.4 is 16.2 Å². The van der Waals surface area contributed by atoms with Gasteiger partial charge in [0.05, 0.1) is 22.8 Å². The number of aryl methyl sites for hydroxylation is 1. The lowest BCUT2D eigenvalue weighted by Gasteiger charge is -2.35. The molecule has 9 nitrogen and oxygen atoms in total. The maximum absolute atomic E-state index is 14.9. The number of hydrogen-bond donors (Lipinski definition) is 2. The molecule has 2 aromatic heterocycles. The van der Waals surface area contributed by atoms with Crippen molar-refractivity contribution in [3.8, 4) is 0 Å². The zero-order chi connectivity index (χ0) is 22.3. The Morgan fingerprint density at radius 1 is 1.23 bits per heavy atom. The van der Waals surface area contributed by atoms with Crippen molar-refractivity contribution in [3.05, 3.63) is 55.9 Å². The quantitative estimate of drug-likeness (QED) is 0.565. The fraction of sp³-hybridized carbons (Fsp3) is 0.350. The van der Waals surface area contributed by atoms with Gasteiger partial charge in [-0.3, -0.25) is 9.69 Å². The lowest BCUT2D eigenvalue weighted by Crippen LogP contribution is -2.46. The standard InChI is InChI=1S/C20H20FN3O6S/c1-10-15(30-20(28)29-10)9-23-3-5-24(6-4-23)14-8-13-11(7-12(14)21)17(25)16(19(26)27)18(22-13)31-2/h7-8H,3-6,9H2,1-2H3,(H,22,25)(H,26,27). The Morgan fingerprint density at radius 2 is 1.94 bits per heavy atom. The zero-order valence-electron chi connectivity index (χ0n) is 16.9. The van der Waals surface area contributed by atoms with Gasteiger partial charge in [-0.25, -0.2) is 14.0 Å².